The average molecular weight is 248 g/mol. The summed E-state index contributed by atoms with van der Waals surface area (Å²) in [6.45, 7) is 2.53. The molecule has 2 rings (SSSR count). The van der Waals surface area contributed by atoms with Gasteiger partial charge in [-0.1, -0.05) is 6.07 Å². The number of carbonyl (C=O) groups is 1. The highest BCUT2D eigenvalue weighted by Gasteiger charge is 2.09. The normalized spacial score (nSPS) is 10.2. The van der Waals surface area contributed by atoms with Crippen molar-refractivity contribution in [3.8, 4) is 0 Å². The number of nitrogens with one attached hydrogen (secondary N) is 1. The van der Waals surface area contributed by atoms with Gasteiger partial charge in [0.1, 0.15) is 0 Å². The highest BCUT2D eigenvalue weighted by atomic mass is 32.1. The Morgan fingerprint density at radius 2 is 2.35 bits per heavy atom. The minimum absolute atomic E-state index is 0.292. The lowest BCUT2D eigenvalue weighted by molar-refractivity contribution is 0.0698. The number of aromatic nitrogens is 1. The summed E-state index contributed by atoms with van der Waals surface area (Å²) in [6.07, 6.45) is 1.77. The number of hydrogen-bond acceptors (Lipinski definition) is 4. The molecule has 4 nitrogen and oxygen atoms in total. The second-order valence-corrected chi connectivity index (χ2v) is 4.65. The zero-order chi connectivity index (χ0) is 12.3. The molecule has 0 fully saturated rings. The SMILES string of the molecule is Cc1ccc(C(=O)O)c(NCc2cncs2)c1. The van der Waals surface area contributed by atoms with Crippen molar-refractivity contribution < 1.29 is 9.90 Å². The molecule has 1 heterocycles. The summed E-state index contributed by atoms with van der Waals surface area (Å²) in [4.78, 5) is 16.1. The summed E-state index contributed by atoms with van der Waals surface area (Å²) in [7, 11) is 0. The molecule has 0 atom stereocenters. The molecule has 2 N–H and O–H groups in total. The van der Waals surface area contributed by atoms with Crippen LogP contribution in [0.4, 0.5) is 5.69 Å². The standard InChI is InChI=1S/C12H12N2O2S/c1-8-2-3-10(12(15)16)11(4-8)14-6-9-5-13-7-17-9/h2-5,7,14H,6H2,1H3,(H,15,16). The van der Waals surface area contributed by atoms with Crippen molar-refractivity contribution in [2.75, 3.05) is 5.32 Å². The number of nitrogens with zero attached hydrogens (tertiary/aromatic N) is 1. The first-order valence-electron chi connectivity index (χ1n) is 5.12. The number of thiazole rings is 1. The van der Waals surface area contributed by atoms with Gasteiger partial charge in [-0.15, -0.1) is 11.3 Å². The maximum Gasteiger partial charge on any atom is 0.337 e. The van der Waals surface area contributed by atoms with Crippen molar-refractivity contribution in [3.63, 3.8) is 0 Å². The molecule has 88 valence electrons. The molecule has 0 bridgehead atoms. The van der Waals surface area contributed by atoms with Crippen LogP contribution < -0.4 is 5.32 Å². The van der Waals surface area contributed by atoms with Crippen LogP contribution in [0.15, 0.2) is 29.9 Å². The first-order chi connectivity index (χ1) is 8.16. The Balaban J connectivity index is 2.19. The maximum atomic E-state index is 11.0. The fourth-order valence-corrected chi connectivity index (χ4v) is 2.04. The van der Waals surface area contributed by atoms with Crippen LogP contribution in [-0.4, -0.2) is 16.1 Å². The van der Waals surface area contributed by atoms with Crippen molar-refractivity contribution in [3.05, 3.63) is 45.9 Å². The van der Waals surface area contributed by atoms with Gasteiger partial charge in [0.15, 0.2) is 0 Å². The number of benzene rings is 1. The molecule has 0 saturated carbocycles. The van der Waals surface area contributed by atoms with E-state index in [1.165, 1.54) is 11.3 Å². The number of aromatic carboxylic acids is 1. The van der Waals surface area contributed by atoms with Gasteiger partial charge in [0.05, 0.1) is 17.6 Å². The highest BCUT2D eigenvalue weighted by Crippen LogP contribution is 2.19. The Morgan fingerprint density at radius 1 is 1.53 bits per heavy atom. The molecule has 17 heavy (non-hydrogen) atoms. The largest absolute Gasteiger partial charge is 0.478 e. The number of carboxylic acid groups (broad SMARTS) is 1. The zero-order valence-electron chi connectivity index (χ0n) is 9.30. The monoisotopic (exact) mass is 248 g/mol. The molecule has 0 aliphatic carbocycles. The van der Waals surface area contributed by atoms with Crippen molar-refractivity contribution >= 4 is 23.0 Å². The Morgan fingerprint density at radius 3 is 3.00 bits per heavy atom. The molecule has 0 amide bonds. The van der Waals surface area contributed by atoms with Crippen LogP contribution in [0.1, 0.15) is 20.8 Å². The predicted molar refractivity (Wildman–Crippen MR) is 67.6 cm³/mol. The van der Waals surface area contributed by atoms with Gasteiger partial charge in [0.25, 0.3) is 0 Å². The molecule has 1 aromatic heterocycles. The molecule has 0 aliphatic heterocycles. The predicted octanol–water partition coefficient (Wildman–Crippen LogP) is 2.76. The van der Waals surface area contributed by atoms with Crippen LogP contribution >= 0.6 is 11.3 Å². The van der Waals surface area contributed by atoms with E-state index in [-0.39, 0.29) is 0 Å². The number of aryl methyl sites for hydroxylation is 1. The van der Waals surface area contributed by atoms with E-state index >= 15 is 0 Å². The lowest BCUT2D eigenvalue weighted by atomic mass is 10.1. The molecule has 0 spiro atoms. The van der Waals surface area contributed by atoms with E-state index in [0.717, 1.165) is 10.4 Å². The van der Waals surface area contributed by atoms with Gasteiger partial charge < -0.3 is 10.4 Å². The molecule has 0 aliphatic rings. The van der Waals surface area contributed by atoms with E-state index in [2.05, 4.69) is 10.3 Å². The summed E-state index contributed by atoms with van der Waals surface area (Å²) in [6, 6.07) is 5.25. The summed E-state index contributed by atoms with van der Waals surface area (Å²) < 4.78 is 0. The Bertz CT molecular complexity index is 523. The quantitative estimate of drug-likeness (QED) is 0.873. The lowest BCUT2D eigenvalue weighted by Crippen LogP contribution is -2.06. The fraction of sp³-hybridized carbons (Fsp3) is 0.167. The third kappa shape index (κ3) is 2.82. The molecule has 5 heteroatoms. The molecule has 1 aromatic carbocycles. The van der Waals surface area contributed by atoms with Crippen molar-refractivity contribution in [1.29, 1.82) is 0 Å². The van der Waals surface area contributed by atoms with Crippen LogP contribution in [0.3, 0.4) is 0 Å². The third-order valence-electron chi connectivity index (χ3n) is 2.34. The number of rotatable bonds is 4. The van der Waals surface area contributed by atoms with Gasteiger partial charge >= 0.3 is 5.97 Å². The van der Waals surface area contributed by atoms with E-state index in [4.69, 9.17) is 5.11 Å². The minimum atomic E-state index is -0.920. The Kier molecular flexibility index (Phi) is 3.39. The van der Waals surface area contributed by atoms with Gasteiger partial charge in [-0.05, 0) is 24.6 Å². The lowest BCUT2D eigenvalue weighted by Gasteiger charge is -2.09. The van der Waals surface area contributed by atoms with E-state index < -0.39 is 5.97 Å². The van der Waals surface area contributed by atoms with Gasteiger partial charge in [0, 0.05) is 16.8 Å². The Hall–Kier alpha value is -1.88. The van der Waals surface area contributed by atoms with Gasteiger partial charge in [-0.25, -0.2) is 4.79 Å². The second kappa shape index (κ2) is 4.97. The molecule has 0 unspecified atom stereocenters. The second-order valence-electron chi connectivity index (χ2n) is 3.68. The van der Waals surface area contributed by atoms with Crippen LogP contribution in [0.2, 0.25) is 0 Å². The van der Waals surface area contributed by atoms with E-state index in [1.807, 2.05) is 13.0 Å². The molecule has 2 aromatic rings. The van der Waals surface area contributed by atoms with Crippen molar-refractivity contribution in [1.82, 2.24) is 4.98 Å². The fourth-order valence-electron chi connectivity index (χ4n) is 1.50. The van der Waals surface area contributed by atoms with Gasteiger partial charge in [-0.3, -0.25) is 4.98 Å². The van der Waals surface area contributed by atoms with Crippen LogP contribution in [0.5, 0.6) is 0 Å². The van der Waals surface area contributed by atoms with Crippen LogP contribution in [0.25, 0.3) is 0 Å². The number of hydrogen-bond donors (Lipinski definition) is 2. The number of carboxylic acids is 1. The molecular formula is C12H12N2O2S. The number of anilines is 1. The van der Waals surface area contributed by atoms with Crippen LogP contribution in [-0.2, 0) is 6.54 Å². The molecular weight excluding hydrogens is 236 g/mol. The summed E-state index contributed by atoms with van der Waals surface area (Å²) >= 11 is 1.54. The van der Waals surface area contributed by atoms with Gasteiger partial charge in [-0.2, -0.15) is 0 Å². The summed E-state index contributed by atoms with van der Waals surface area (Å²) in [5.74, 6) is -0.920. The summed E-state index contributed by atoms with van der Waals surface area (Å²) in [5.41, 5.74) is 3.72. The highest BCUT2D eigenvalue weighted by molar-refractivity contribution is 7.09. The van der Waals surface area contributed by atoms with E-state index in [1.54, 1.807) is 23.8 Å². The van der Waals surface area contributed by atoms with Crippen molar-refractivity contribution in [2.45, 2.75) is 13.5 Å². The Labute approximate surface area is 103 Å². The molecule has 0 saturated heterocycles. The van der Waals surface area contributed by atoms with Gasteiger partial charge in [0.2, 0.25) is 0 Å². The van der Waals surface area contributed by atoms with E-state index in [9.17, 15) is 4.79 Å². The topological polar surface area (TPSA) is 62.2 Å². The third-order valence-corrected chi connectivity index (χ3v) is 3.12. The van der Waals surface area contributed by atoms with E-state index in [0.29, 0.717) is 17.8 Å². The van der Waals surface area contributed by atoms with Crippen molar-refractivity contribution in [2.24, 2.45) is 0 Å². The summed E-state index contributed by atoms with van der Waals surface area (Å²) in [5, 5.41) is 12.2. The minimum Gasteiger partial charge on any atom is -0.478 e. The average Bonchev–Trinajstić information content (AvgIpc) is 2.78. The first-order valence-corrected chi connectivity index (χ1v) is 6.00. The molecule has 0 radical (unpaired) electrons. The zero-order valence-corrected chi connectivity index (χ0v) is 10.1. The van der Waals surface area contributed by atoms with Crippen LogP contribution in [0, 0.1) is 6.92 Å². The first kappa shape index (κ1) is 11.6. The smallest absolute Gasteiger partial charge is 0.337 e. The maximum absolute atomic E-state index is 11.0.